The highest BCUT2D eigenvalue weighted by molar-refractivity contribution is 7.99. The van der Waals surface area contributed by atoms with Gasteiger partial charge in [0.15, 0.2) is 0 Å². The first-order chi connectivity index (χ1) is 6.16. The van der Waals surface area contributed by atoms with Crippen molar-refractivity contribution in [2.75, 3.05) is 11.5 Å². The summed E-state index contributed by atoms with van der Waals surface area (Å²) in [5, 5.41) is 9.50. The first-order valence-electron chi connectivity index (χ1n) is 4.86. The molecule has 1 unspecified atom stereocenters. The van der Waals surface area contributed by atoms with Gasteiger partial charge in [0.05, 0.1) is 6.10 Å². The molecule has 2 heteroatoms. The molecule has 76 valence electrons. The van der Waals surface area contributed by atoms with Crippen LogP contribution < -0.4 is 0 Å². The van der Waals surface area contributed by atoms with Crippen molar-refractivity contribution in [2.45, 2.75) is 39.2 Å². The number of thioether (sulfide) groups is 1. The molecule has 13 heavy (non-hydrogen) atoms. The normalized spacial score (nSPS) is 12.8. The van der Waals surface area contributed by atoms with Gasteiger partial charge in [-0.05, 0) is 24.5 Å². The minimum absolute atomic E-state index is 0.169. The highest BCUT2D eigenvalue weighted by Crippen LogP contribution is 2.11. The number of rotatable bonds is 7. The molecule has 0 aromatic heterocycles. The maximum atomic E-state index is 9.50. The Bertz CT molecular complexity index is 149. The van der Waals surface area contributed by atoms with E-state index in [0.29, 0.717) is 5.92 Å². The molecule has 0 aliphatic heterocycles. The lowest BCUT2D eigenvalue weighted by atomic mass is 10.2. The topological polar surface area (TPSA) is 20.2 Å². The highest BCUT2D eigenvalue weighted by atomic mass is 32.2. The lowest BCUT2D eigenvalue weighted by Crippen LogP contribution is -2.10. The number of hydrogen-bond donors (Lipinski definition) is 1. The molecule has 0 bridgehead atoms. The molecule has 0 aliphatic rings. The fraction of sp³-hybridized carbons (Fsp3) is 0.818. The van der Waals surface area contributed by atoms with Crippen LogP contribution in [-0.4, -0.2) is 22.7 Å². The van der Waals surface area contributed by atoms with Gasteiger partial charge in [0, 0.05) is 12.2 Å². The maximum Gasteiger partial charge on any atom is 0.0630 e. The Hall–Kier alpha value is -0.130. The molecular weight excluding hydrogens is 180 g/mol. The molecule has 0 aliphatic carbocycles. The molecular formula is C11H20OS. The Labute approximate surface area is 86.3 Å². The molecule has 0 radical (unpaired) electrons. The average molecular weight is 200 g/mol. The van der Waals surface area contributed by atoms with E-state index in [2.05, 4.69) is 19.8 Å². The summed E-state index contributed by atoms with van der Waals surface area (Å²) in [4.78, 5) is 0. The Morgan fingerprint density at radius 3 is 2.62 bits per heavy atom. The van der Waals surface area contributed by atoms with Crippen LogP contribution in [0.15, 0.2) is 0 Å². The molecule has 1 atom stereocenters. The molecule has 0 heterocycles. The van der Waals surface area contributed by atoms with E-state index < -0.39 is 0 Å². The van der Waals surface area contributed by atoms with Crippen LogP contribution in [0, 0.1) is 18.3 Å². The van der Waals surface area contributed by atoms with Crippen LogP contribution in [0.25, 0.3) is 0 Å². The van der Waals surface area contributed by atoms with Crippen LogP contribution in [0.1, 0.15) is 33.1 Å². The summed E-state index contributed by atoms with van der Waals surface area (Å²) in [5.41, 5.74) is 0. The number of terminal acetylenes is 1. The zero-order valence-corrected chi connectivity index (χ0v) is 9.44. The van der Waals surface area contributed by atoms with Gasteiger partial charge in [0.2, 0.25) is 0 Å². The van der Waals surface area contributed by atoms with E-state index in [1.165, 1.54) is 0 Å². The lowest BCUT2D eigenvalue weighted by molar-refractivity contribution is 0.187. The maximum absolute atomic E-state index is 9.50. The summed E-state index contributed by atoms with van der Waals surface area (Å²) >= 11 is 1.83. The van der Waals surface area contributed by atoms with Crippen LogP contribution in [-0.2, 0) is 0 Å². The average Bonchev–Trinajstić information content (AvgIpc) is 2.04. The van der Waals surface area contributed by atoms with Crippen molar-refractivity contribution >= 4 is 11.8 Å². The Morgan fingerprint density at radius 2 is 2.08 bits per heavy atom. The third kappa shape index (κ3) is 9.79. The first kappa shape index (κ1) is 12.9. The summed E-state index contributed by atoms with van der Waals surface area (Å²) < 4.78 is 0. The number of aliphatic hydroxyl groups excluding tert-OH is 1. The van der Waals surface area contributed by atoms with E-state index >= 15 is 0 Å². The van der Waals surface area contributed by atoms with Crippen molar-refractivity contribution in [3.05, 3.63) is 0 Å². The van der Waals surface area contributed by atoms with Gasteiger partial charge in [0.1, 0.15) is 0 Å². The summed E-state index contributed by atoms with van der Waals surface area (Å²) in [6.45, 7) is 4.38. The van der Waals surface area contributed by atoms with Gasteiger partial charge in [0.25, 0.3) is 0 Å². The van der Waals surface area contributed by atoms with Gasteiger partial charge in [-0.1, -0.05) is 13.8 Å². The number of hydrogen-bond acceptors (Lipinski definition) is 2. The van der Waals surface area contributed by atoms with Crippen molar-refractivity contribution in [1.82, 2.24) is 0 Å². The lowest BCUT2D eigenvalue weighted by Gasteiger charge is -2.10. The minimum atomic E-state index is -0.169. The minimum Gasteiger partial charge on any atom is -0.392 e. The summed E-state index contributed by atoms with van der Waals surface area (Å²) in [7, 11) is 0. The number of unbranched alkanes of at least 4 members (excludes halogenated alkanes) is 1. The summed E-state index contributed by atoms with van der Waals surface area (Å²) in [6.07, 6.45) is 7.52. The predicted molar refractivity (Wildman–Crippen MR) is 60.9 cm³/mol. The number of aliphatic hydroxyl groups is 1. The highest BCUT2D eigenvalue weighted by Gasteiger charge is 2.03. The van der Waals surface area contributed by atoms with Crippen molar-refractivity contribution in [2.24, 2.45) is 5.92 Å². The fourth-order valence-corrected chi connectivity index (χ4v) is 2.01. The molecule has 0 saturated heterocycles. The molecule has 1 nitrogen and oxygen atoms in total. The van der Waals surface area contributed by atoms with Crippen molar-refractivity contribution < 1.29 is 5.11 Å². The second-order valence-corrected chi connectivity index (χ2v) is 4.76. The molecule has 0 rings (SSSR count). The Balaban J connectivity index is 3.21. The second-order valence-electron chi connectivity index (χ2n) is 3.68. The molecule has 0 amide bonds. The third-order valence-corrected chi connectivity index (χ3v) is 3.14. The molecule has 0 spiro atoms. The zero-order chi connectivity index (χ0) is 10.1. The zero-order valence-electron chi connectivity index (χ0n) is 8.62. The SMILES string of the molecule is C#CCCCC(O)CSCC(C)C. The van der Waals surface area contributed by atoms with E-state index in [1.807, 2.05) is 11.8 Å². The van der Waals surface area contributed by atoms with Crippen LogP contribution in [0.4, 0.5) is 0 Å². The summed E-state index contributed by atoms with van der Waals surface area (Å²) in [6, 6.07) is 0. The van der Waals surface area contributed by atoms with E-state index in [9.17, 15) is 5.11 Å². The van der Waals surface area contributed by atoms with Gasteiger partial charge >= 0.3 is 0 Å². The van der Waals surface area contributed by atoms with Crippen molar-refractivity contribution in [1.29, 1.82) is 0 Å². The van der Waals surface area contributed by atoms with Crippen molar-refractivity contribution in [3.63, 3.8) is 0 Å². The van der Waals surface area contributed by atoms with Gasteiger partial charge < -0.3 is 5.11 Å². The van der Waals surface area contributed by atoms with E-state index in [-0.39, 0.29) is 6.10 Å². The Kier molecular flexibility index (Phi) is 8.38. The summed E-state index contributed by atoms with van der Waals surface area (Å²) in [5.74, 6) is 5.27. The van der Waals surface area contributed by atoms with Gasteiger partial charge in [-0.2, -0.15) is 11.8 Å². The molecule has 0 aromatic carbocycles. The van der Waals surface area contributed by atoms with Crippen LogP contribution >= 0.6 is 11.8 Å². The molecule has 1 N–H and O–H groups in total. The second kappa shape index (κ2) is 8.47. The van der Waals surface area contributed by atoms with Gasteiger partial charge in [-0.25, -0.2) is 0 Å². The third-order valence-electron chi connectivity index (χ3n) is 1.62. The van der Waals surface area contributed by atoms with Gasteiger partial charge in [-0.3, -0.25) is 0 Å². The molecule has 0 saturated carbocycles. The van der Waals surface area contributed by atoms with Gasteiger partial charge in [-0.15, -0.1) is 12.3 Å². The monoisotopic (exact) mass is 200 g/mol. The first-order valence-corrected chi connectivity index (χ1v) is 6.01. The van der Waals surface area contributed by atoms with Crippen LogP contribution in [0.2, 0.25) is 0 Å². The molecule has 0 aromatic rings. The standard InChI is InChI=1S/C11H20OS/c1-4-5-6-7-11(12)9-13-8-10(2)3/h1,10-12H,5-9H2,2-3H3. The molecule has 0 fully saturated rings. The quantitative estimate of drug-likeness (QED) is 0.503. The van der Waals surface area contributed by atoms with Crippen LogP contribution in [0.3, 0.4) is 0 Å². The smallest absolute Gasteiger partial charge is 0.0630 e. The van der Waals surface area contributed by atoms with Crippen LogP contribution in [0.5, 0.6) is 0 Å². The van der Waals surface area contributed by atoms with E-state index in [4.69, 9.17) is 6.42 Å². The van der Waals surface area contributed by atoms with E-state index in [0.717, 1.165) is 30.8 Å². The Morgan fingerprint density at radius 1 is 1.38 bits per heavy atom. The fourth-order valence-electron chi connectivity index (χ4n) is 0.963. The predicted octanol–water partition coefficient (Wildman–Crippen LogP) is 2.54. The van der Waals surface area contributed by atoms with Crippen molar-refractivity contribution in [3.8, 4) is 12.3 Å². The van der Waals surface area contributed by atoms with E-state index in [1.54, 1.807) is 0 Å². The largest absolute Gasteiger partial charge is 0.392 e.